The van der Waals surface area contributed by atoms with Gasteiger partial charge in [0.05, 0.1) is 0 Å². The predicted octanol–water partition coefficient (Wildman–Crippen LogP) is 2.05. The van der Waals surface area contributed by atoms with Crippen molar-refractivity contribution in [3.8, 4) is 11.5 Å². The highest BCUT2D eigenvalue weighted by Gasteiger charge is 2.40. The van der Waals surface area contributed by atoms with E-state index in [4.69, 9.17) is 9.47 Å². The molecule has 2 aliphatic carbocycles. The first-order chi connectivity index (χ1) is 11.7. The minimum Gasteiger partial charge on any atom is -0.486 e. The van der Waals surface area contributed by atoms with Gasteiger partial charge in [0.1, 0.15) is 13.2 Å². The molecule has 6 nitrogen and oxygen atoms in total. The number of benzene rings is 1. The largest absolute Gasteiger partial charge is 0.486 e. The van der Waals surface area contributed by atoms with E-state index < -0.39 is 0 Å². The van der Waals surface area contributed by atoms with Crippen molar-refractivity contribution in [1.29, 1.82) is 0 Å². The zero-order valence-corrected chi connectivity index (χ0v) is 13.5. The first kappa shape index (κ1) is 15.3. The first-order valence-corrected chi connectivity index (χ1v) is 8.68. The summed E-state index contributed by atoms with van der Waals surface area (Å²) >= 11 is 0. The molecule has 2 amide bonds. The highest BCUT2D eigenvalue weighted by molar-refractivity contribution is 5.96. The number of amides is 2. The molecule has 2 saturated carbocycles. The molecule has 6 heteroatoms. The molecule has 2 bridgehead atoms. The molecule has 24 heavy (non-hydrogen) atoms. The molecule has 3 atom stereocenters. The normalized spacial score (nSPS) is 26.9. The van der Waals surface area contributed by atoms with Gasteiger partial charge in [-0.2, -0.15) is 0 Å². The van der Waals surface area contributed by atoms with Crippen LogP contribution in [0.15, 0.2) is 18.2 Å². The minimum absolute atomic E-state index is 0.113. The number of nitrogens with one attached hydrogen (secondary N) is 2. The van der Waals surface area contributed by atoms with Crippen molar-refractivity contribution in [1.82, 2.24) is 10.9 Å². The van der Waals surface area contributed by atoms with Gasteiger partial charge in [0.25, 0.3) is 5.91 Å². The van der Waals surface area contributed by atoms with Crippen LogP contribution in [0, 0.1) is 17.8 Å². The Labute approximate surface area is 140 Å². The van der Waals surface area contributed by atoms with Crippen molar-refractivity contribution in [3.05, 3.63) is 23.8 Å². The third-order valence-electron chi connectivity index (χ3n) is 5.45. The second-order valence-electron chi connectivity index (χ2n) is 7.00. The molecule has 0 saturated heterocycles. The zero-order valence-electron chi connectivity index (χ0n) is 13.5. The fourth-order valence-corrected chi connectivity index (χ4v) is 4.30. The van der Waals surface area contributed by atoms with Crippen molar-refractivity contribution >= 4 is 11.8 Å². The second-order valence-corrected chi connectivity index (χ2v) is 7.00. The van der Waals surface area contributed by atoms with Gasteiger partial charge >= 0.3 is 0 Å². The molecular weight excluding hydrogens is 308 g/mol. The quantitative estimate of drug-likeness (QED) is 0.832. The lowest BCUT2D eigenvalue weighted by molar-refractivity contribution is -0.123. The van der Waals surface area contributed by atoms with Gasteiger partial charge in [0.2, 0.25) is 5.91 Å². The standard InChI is InChI=1S/C18H22N2O4/c21-17(10-14-8-11-1-2-12(14)7-11)19-20-18(22)13-3-4-15-16(9-13)24-6-5-23-15/h3-4,9,11-12,14H,1-2,5-8,10H2,(H,19,21)(H,20,22). The van der Waals surface area contributed by atoms with Crippen molar-refractivity contribution < 1.29 is 19.1 Å². The minimum atomic E-state index is -0.353. The molecule has 3 aliphatic rings. The fourth-order valence-electron chi connectivity index (χ4n) is 4.30. The summed E-state index contributed by atoms with van der Waals surface area (Å²) in [5, 5.41) is 0. The monoisotopic (exact) mass is 330 g/mol. The van der Waals surface area contributed by atoms with E-state index in [1.54, 1.807) is 18.2 Å². The van der Waals surface area contributed by atoms with E-state index in [0.717, 1.165) is 12.3 Å². The van der Waals surface area contributed by atoms with Crippen LogP contribution in [0.2, 0.25) is 0 Å². The van der Waals surface area contributed by atoms with Crippen LogP contribution in [0.1, 0.15) is 42.5 Å². The summed E-state index contributed by atoms with van der Waals surface area (Å²) in [5.41, 5.74) is 5.46. The number of hydrazine groups is 1. The maximum absolute atomic E-state index is 12.2. The van der Waals surface area contributed by atoms with Gasteiger partial charge in [0, 0.05) is 12.0 Å². The van der Waals surface area contributed by atoms with Crippen molar-refractivity contribution in [2.24, 2.45) is 17.8 Å². The maximum Gasteiger partial charge on any atom is 0.269 e. The van der Waals surface area contributed by atoms with Crippen molar-refractivity contribution in [2.45, 2.75) is 32.1 Å². The number of fused-ring (bicyclic) bond motifs is 3. The summed E-state index contributed by atoms with van der Waals surface area (Å²) in [6.45, 7) is 0.982. The summed E-state index contributed by atoms with van der Waals surface area (Å²) in [5.74, 6) is 2.73. The van der Waals surface area contributed by atoms with Crippen LogP contribution < -0.4 is 20.3 Å². The van der Waals surface area contributed by atoms with Gasteiger partial charge in [-0.15, -0.1) is 0 Å². The van der Waals surface area contributed by atoms with Gasteiger partial charge in [-0.25, -0.2) is 0 Å². The Bertz CT molecular complexity index is 660. The average Bonchev–Trinajstić information content (AvgIpc) is 3.22. The number of ether oxygens (including phenoxy) is 2. The molecule has 3 unspecified atom stereocenters. The van der Waals surface area contributed by atoms with Gasteiger partial charge in [0.15, 0.2) is 11.5 Å². The lowest BCUT2D eigenvalue weighted by Gasteiger charge is -2.21. The van der Waals surface area contributed by atoms with Gasteiger partial charge < -0.3 is 9.47 Å². The molecule has 4 rings (SSSR count). The van der Waals surface area contributed by atoms with E-state index >= 15 is 0 Å². The lowest BCUT2D eigenvalue weighted by Crippen LogP contribution is -2.42. The molecule has 1 aliphatic heterocycles. The van der Waals surface area contributed by atoms with Crippen LogP contribution >= 0.6 is 0 Å². The Morgan fingerprint density at radius 3 is 2.62 bits per heavy atom. The second kappa shape index (κ2) is 6.34. The predicted molar refractivity (Wildman–Crippen MR) is 86.6 cm³/mol. The SMILES string of the molecule is O=C(CC1CC2CCC1C2)NNC(=O)c1ccc2c(c1)OCCO2. The summed E-state index contributed by atoms with van der Waals surface area (Å²) in [7, 11) is 0. The van der Waals surface area contributed by atoms with E-state index in [1.807, 2.05) is 0 Å². The summed E-state index contributed by atoms with van der Waals surface area (Å²) in [6, 6.07) is 5.00. The molecule has 1 aromatic carbocycles. The van der Waals surface area contributed by atoms with E-state index in [-0.39, 0.29) is 11.8 Å². The van der Waals surface area contributed by atoms with E-state index in [9.17, 15) is 9.59 Å². The summed E-state index contributed by atoms with van der Waals surface area (Å²) in [6.07, 6.45) is 5.52. The van der Waals surface area contributed by atoms with Crippen LogP contribution in [0.4, 0.5) is 0 Å². The van der Waals surface area contributed by atoms with E-state index in [2.05, 4.69) is 10.9 Å². The highest BCUT2D eigenvalue weighted by Crippen LogP contribution is 2.49. The van der Waals surface area contributed by atoms with Crippen molar-refractivity contribution in [3.63, 3.8) is 0 Å². The Morgan fingerprint density at radius 1 is 1.04 bits per heavy atom. The molecule has 1 aromatic rings. The first-order valence-electron chi connectivity index (χ1n) is 8.68. The van der Waals surface area contributed by atoms with Crippen LogP contribution in [-0.4, -0.2) is 25.0 Å². The third-order valence-corrected chi connectivity index (χ3v) is 5.45. The summed E-state index contributed by atoms with van der Waals surface area (Å²) < 4.78 is 10.9. The van der Waals surface area contributed by atoms with Crippen molar-refractivity contribution in [2.75, 3.05) is 13.2 Å². The Morgan fingerprint density at radius 2 is 1.88 bits per heavy atom. The molecular formula is C18H22N2O4. The molecule has 2 N–H and O–H groups in total. The lowest BCUT2D eigenvalue weighted by atomic mass is 9.86. The molecule has 0 aromatic heterocycles. The molecule has 2 fully saturated rings. The van der Waals surface area contributed by atoms with Crippen LogP contribution in [0.5, 0.6) is 11.5 Å². The van der Waals surface area contributed by atoms with E-state index in [1.165, 1.54) is 19.3 Å². The molecule has 128 valence electrons. The summed E-state index contributed by atoms with van der Waals surface area (Å²) in [4.78, 5) is 24.3. The van der Waals surface area contributed by atoms with Crippen LogP contribution in [0.3, 0.4) is 0 Å². The molecule has 1 heterocycles. The van der Waals surface area contributed by atoms with Gasteiger partial charge in [-0.05, 0) is 55.2 Å². The smallest absolute Gasteiger partial charge is 0.269 e. The fraction of sp³-hybridized carbons (Fsp3) is 0.556. The number of hydrogen-bond donors (Lipinski definition) is 2. The third kappa shape index (κ3) is 3.05. The zero-order chi connectivity index (χ0) is 16.5. The number of hydrogen-bond acceptors (Lipinski definition) is 4. The Kier molecular flexibility index (Phi) is 4.04. The highest BCUT2D eigenvalue weighted by atomic mass is 16.6. The molecule has 0 radical (unpaired) electrons. The topological polar surface area (TPSA) is 76.7 Å². The Hall–Kier alpha value is -2.24. The average molecular weight is 330 g/mol. The number of rotatable bonds is 3. The van der Waals surface area contributed by atoms with Gasteiger partial charge in [-0.3, -0.25) is 20.4 Å². The van der Waals surface area contributed by atoms with E-state index in [0.29, 0.717) is 48.5 Å². The molecule has 0 spiro atoms. The number of carbonyl (C=O) groups is 2. The van der Waals surface area contributed by atoms with Crippen LogP contribution in [0.25, 0.3) is 0 Å². The van der Waals surface area contributed by atoms with Crippen LogP contribution in [-0.2, 0) is 4.79 Å². The maximum atomic E-state index is 12.2. The number of carbonyl (C=O) groups excluding carboxylic acids is 2. The van der Waals surface area contributed by atoms with Gasteiger partial charge in [-0.1, -0.05) is 6.42 Å². The Balaban J connectivity index is 1.29.